The van der Waals surface area contributed by atoms with E-state index in [1.165, 1.54) is 5.04 Å². The number of rotatable bonds is 2. The Morgan fingerprint density at radius 1 is 1.19 bits per heavy atom. The monoisotopic (exact) mass is 378 g/mol. The second-order valence-electron chi connectivity index (χ2n) is 9.86. The molecule has 1 unspecified atom stereocenters. The molecular formula is C21H34N2O2S. The SMILES string of the molecule is CSC1=NC(C)(/C=C2\N/C(=C\C(=O)OC(C)(C)C)CC2(C)C)C(C)(C)C1. The molecule has 2 aliphatic heterocycles. The fourth-order valence-electron chi connectivity index (χ4n) is 3.38. The highest BCUT2D eigenvalue weighted by Gasteiger charge is 2.47. The summed E-state index contributed by atoms with van der Waals surface area (Å²) < 4.78 is 5.42. The van der Waals surface area contributed by atoms with Gasteiger partial charge in [0.25, 0.3) is 0 Å². The average molecular weight is 379 g/mol. The molecule has 4 nitrogen and oxygen atoms in total. The van der Waals surface area contributed by atoms with E-state index in [-0.39, 0.29) is 22.3 Å². The lowest BCUT2D eigenvalue weighted by Crippen LogP contribution is -2.36. The highest BCUT2D eigenvalue weighted by Crippen LogP contribution is 2.48. The fraction of sp³-hybridized carbons (Fsp3) is 0.714. The van der Waals surface area contributed by atoms with E-state index in [4.69, 9.17) is 9.73 Å². The summed E-state index contributed by atoms with van der Waals surface area (Å²) in [4.78, 5) is 17.1. The molecule has 0 aromatic carbocycles. The number of nitrogens with one attached hydrogen (secondary N) is 1. The van der Waals surface area contributed by atoms with E-state index in [9.17, 15) is 4.79 Å². The number of esters is 1. The number of thioether (sulfide) groups is 1. The second kappa shape index (κ2) is 6.74. The van der Waals surface area contributed by atoms with Crippen molar-refractivity contribution in [3.05, 3.63) is 23.5 Å². The number of hydrogen-bond donors (Lipinski definition) is 1. The van der Waals surface area contributed by atoms with E-state index in [0.717, 1.165) is 24.2 Å². The van der Waals surface area contributed by atoms with Gasteiger partial charge >= 0.3 is 5.97 Å². The van der Waals surface area contributed by atoms with Crippen molar-refractivity contribution in [3.63, 3.8) is 0 Å². The molecule has 0 amide bonds. The first-order chi connectivity index (χ1) is 11.7. The predicted molar refractivity (Wildman–Crippen MR) is 111 cm³/mol. The summed E-state index contributed by atoms with van der Waals surface area (Å²) in [5.41, 5.74) is 1.30. The molecule has 1 N–H and O–H groups in total. The Hall–Kier alpha value is -1.23. The Bertz CT molecular complexity index is 681. The van der Waals surface area contributed by atoms with E-state index in [1.54, 1.807) is 17.8 Å². The quantitative estimate of drug-likeness (QED) is 0.539. The van der Waals surface area contributed by atoms with Crippen LogP contribution >= 0.6 is 11.8 Å². The fourth-order valence-corrected chi connectivity index (χ4v) is 4.17. The molecule has 0 aromatic heterocycles. The third kappa shape index (κ3) is 4.54. The number of ether oxygens (including phenoxy) is 1. The topological polar surface area (TPSA) is 50.7 Å². The van der Waals surface area contributed by atoms with Crippen LogP contribution in [-0.4, -0.2) is 28.4 Å². The van der Waals surface area contributed by atoms with E-state index < -0.39 is 5.60 Å². The minimum atomic E-state index is -0.481. The first kappa shape index (κ1) is 21.1. The summed E-state index contributed by atoms with van der Waals surface area (Å²) in [6, 6.07) is 0. The number of carbonyl (C=O) groups excluding carboxylic acids is 1. The number of carbonyl (C=O) groups is 1. The lowest BCUT2D eigenvalue weighted by atomic mass is 9.72. The Morgan fingerprint density at radius 3 is 2.31 bits per heavy atom. The van der Waals surface area contributed by atoms with Gasteiger partial charge in [-0.05, 0) is 51.9 Å². The molecule has 1 fully saturated rings. The van der Waals surface area contributed by atoms with Gasteiger partial charge < -0.3 is 10.1 Å². The summed E-state index contributed by atoms with van der Waals surface area (Å²) in [6.07, 6.45) is 7.73. The molecule has 0 aliphatic carbocycles. The normalized spacial score (nSPS) is 30.4. The molecular weight excluding hydrogens is 344 g/mol. The zero-order chi connectivity index (χ0) is 20.0. The maximum absolute atomic E-state index is 12.1. The highest BCUT2D eigenvalue weighted by molar-refractivity contribution is 8.13. The van der Waals surface area contributed by atoms with Gasteiger partial charge in [0, 0.05) is 29.3 Å². The van der Waals surface area contributed by atoms with Gasteiger partial charge in [0.2, 0.25) is 0 Å². The van der Waals surface area contributed by atoms with Crippen LogP contribution in [0.2, 0.25) is 0 Å². The van der Waals surface area contributed by atoms with E-state index in [0.29, 0.717) is 0 Å². The molecule has 146 valence electrons. The minimum absolute atomic E-state index is 0.0632. The van der Waals surface area contributed by atoms with Gasteiger partial charge in [-0.1, -0.05) is 27.7 Å². The van der Waals surface area contributed by atoms with Crippen molar-refractivity contribution in [2.24, 2.45) is 15.8 Å². The molecule has 1 saturated heterocycles. The summed E-state index contributed by atoms with van der Waals surface area (Å²) >= 11 is 1.74. The molecule has 0 saturated carbocycles. The van der Waals surface area contributed by atoms with Gasteiger partial charge in [-0.15, -0.1) is 11.8 Å². The van der Waals surface area contributed by atoms with Crippen molar-refractivity contribution >= 4 is 22.8 Å². The Morgan fingerprint density at radius 2 is 1.81 bits per heavy atom. The minimum Gasteiger partial charge on any atom is -0.457 e. The van der Waals surface area contributed by atoms with Crippen LogP contribution in [0.1, 0.15) is 68.2 Å². The summed E-state index contributed by atoms with van der Waals surface area (Å²) in [5, 5.41) is 4.67. The second-order valence-corrected chi connectivity index (χ2v) is 10.7. The summed E-state index contributed by atoms with van der Waals surface area (Å²) in [7, 11) is 0. The molecule has 2 heterocycles. The zero-order valence-electron chi connectivity index (χ0n) is 17.7. The number of hydrogen-bond acceptors (Lipinski definition) is 5. The smallest absolute Gasteiger partial charge is 0.333 e. The molecule has 0 radical (unpaired) electrons. The first-order valence-electron chi connectivity index (χ1n) is 9.24. The number of allylic oxidation sites excluding steroid dienone is 2. The van der Waals surface area contributed by atoms with Gasteiger partial charge in [-0.25, -0.2) is 4.79 Å². The van der Waals surface area contributed by atoms with Gasteiger partial charge in [-0.2, -0.15) is 0 Å². The van der Waals surface area contributed by atoms with Crippen LogP contribution < -0.4 is 5.32 Å². The largest absolute Gasteiger partial charge is 0.457 e. The maximum atomic E-state index is 12.1. The van der Waals surface area contributed by atoms with Crippen LogP contribution in [0.25, 0.3) is 0 Å². The van der Waals surface area contributed by atoms with Crippen molar-refractivity contribution in [1.82, 2.24) is 5.32 Å². The van der Waals surface area contributed by atoms with Crippen LogP contribution in [0, 0.1) is 10.8 Å². The Balaban J connectivity index is 2.29. The van der Waals surface area contributed by atoms with E-state index in [2.05, 4.69) is 52.3 Å². The van der Waals surface area contributed by atoms with Gasteiger partial charge in [0.05, 0.1) is 10.6 Å². The predicted octanol–water partition coefficient (Wildman–Crippen LogP) is 5.07. The summed E-state index contributed by atoms with van der Waals surface area (Å²) in [6.45, 7) is 16.8. The van der Waals surface area contributed by atoms with Crippen LogP contribution in [0.5, 0.6) is 0 Å². The highest BCUT2D eigenvalue weighted by atomic mass is 32.2. The van der Waals surface area contributed by atoms with Gasteiger partial charge in [-0.3, -0.25) is 4.99 Å². The van der Waals surface area contributed by atoms with Crippen molar-refractivity contribution in [2.45, 2.75) is 79.4 Å². The maximum Gasteiger partial charge on any atom is 0.333 e. The molecule has 26 heavy (non-hydrogen) atoms. The van der Waals surface area contributed by atoms with Crippen molar-refractivity contribution < 1.29 is 9.53 Å². The van der Waals surface area contributed by atoms with Crippen molar-refractivity contribution in [3.8, 4) is 0 Å². The van der Waals surface area contributed by atoms with Crippen LogP contribution in [0.3, 0.4) is 0 Å². The molecule has 0 bridgehead atoms. The van der Waals surface area contributed by atoms with Gasteiger partial charge in [0.1, 0.15) is 5.60 Å². The molecule has 2 rings (SSSR count). The van der Waals surface area contributed by atoms with Crippen LogP contribution in [0.15, 0.2) is 28.5 Å². The van der Waals surface area contributed by atoms with Gasteiger partial charge in [0.15, 0.2) is 0 Å². The lowest BCUT2D eigenvalue weighted by molar-refractivity contribution is -0.148. The molecule has 0 aromatic rings. The third-order valence-electron chi connectivity index (χ3n) is 5.34. The summed E-state index contributed by atoms with van der Waals surface area (Å²) in [5.74, 6) is -0.299. The molecule has 0 spiro atoms. The Labute approximate surface area is 162 Å². The lowest BCUT2D eigenvalue weighted by Gasteiger charge is -2.35. The number of nitrogens with zero attached hydrogens (tertiary/aromatic N) is 1. The van der Waals surface area contributed by atoms with E-state index >= 15 is 0 Å². The van der Waals surface area contributed by atoms with Crippen molar-refractivity contribution in [1.29, 1.82) is 0 Å². The van der Waals surface area contributed by atoms with E-state index in [1.807, 2.05) is 20.8 Å². The third-order valence-corrected chi connectivity index (χ3v) is 6.04. The Kier molecular flexibility index (Phi) is 5.46. The zero-order valence-corrected chi connectivity index (χ0v) is 18.6. The van der Waals surface area contributed by atoms with Crippen LogP contribution in [-0.2, 0) is 9.53 Å². The number of aliphatic imine (C=N–C) groups is 1. The molecule has 2 aliphatic rings. The van der Waals surface area contributed by atoms with Crippen molar-refractivity contribution in [2.75, 3.05) is 6.26 Å². The molecule has 5 heteroatoms. The first-order valence-corrected chi connectivity index (χ1v) is 10.5. The average Bonchev–Trinajstić information content (AvgIpc) is 2.81. The molecule has 1 atom stereocenters. The van der Waals surface area contributed by atoms with Crippen LogP contribution in [0.4, 0.5) is 0 Å². The standard InChI is InChI=1S/C21H34N2O2S/c1-18(2,3)25-17(24)10-14-11-19(4,5)15(22-14)12-21(8)20(6,7)13-16(23-21)26-9/h10,12,22H,11,13H2,1-9H3/b14-10-,15-12-.